The molecule has 0 aliphatic carbocycles. The molecule has 1 aliphatic heterocycles. The Morgan fingerprint density at radius 2 is 2.43 bits per heavy atom. The third kappa shape index (κ3) is 1.41. The predicted molar refractivity (Wildman–Crippen MR) is 48.2 cm³/mol. The lowest BCUT2D eigenvalue weighted by Crippen LogP contribution is -2.06. The van der Waals surface area contributed by atoms with E-state index in [4.69, 9.17) is 4.74 Å². The van der Waals surface area contributed by atoms with Crippen molar-refractivity contribution in [3.63, 3.8) is 0 Å². The molecule has 0 saturated heterocycles. The van der Waals surface area contributed by atoms with Gasteiger partial charge in [0.2, 0.25) is 5.90 Å². The Morgan fingerprint density at radius 1 is 1.57 bits per heavy atom. The zero-order valence-corrected chi connectivity index (χ0v) is 7.21. The van der Waals surface area contributed by atoms with Crippen molar-refractivity contribution in [2.45, 2.75) is 0 Å². The van der Waals surface area contributed by atoms with Crippen LogP contribution >= 0.6 is 0 Å². The van der Waals surface area contributed by atoms with Crippen molar-refractivity contribution in [1.82, 2.24) is 4.98 Å². The molecule has 0 saturated carbocycles. The predicted octanol–water partition coefficient (Wildman–Crippen LogP) is 0.767. The molecule has 0 aromatic carbocycles. The monoisotopic (exact) mass is 193 g/mol. The van der Waals surface area contributed by atoms with Gasteiger partial charge in [-0.2, -0.15) is 0 Å². The molecule has 6 nitrogen and oxygen atoms in total. The zero-order valence-electron chi connectivity index (χ0n) is 7.21. The highest BCUT2D eigenvalue weighted by molar-refractivity contribution is 5.97. The smallest absolute Gasteiger partial charge is 0.376 e. The van der Waals surface area contributed by atoms with Gasteiger partial charge in [0.05, 0.1) is 6.54 Å². The standard InChI is InChI=1S/C8H7N3O3/c12-11(13)7-6(2-1-3-9-7)8-10-4-5-14-8/h1-3H,4-5H2. The first-order valence-corrected chi connectivity index (χ1v) is 4.06. The first-order chi connectivity index (χ1) is 6.79. The minimum atomic E-state index is -0.542. The summed E-state index contributed by atoms with van der Waals surface area (Å²) in [7, 11) is 0. The molecular formula is C8H7N3O3. The number of hydrogen-bond acceptors (Lipinski definition) is 5. The molecule has 0 fully saturated rings. The molecule has 0 bridgehead atoms. The Bertz CT molecular complexity index is 403. The Labute approximate surface area is 79.4 Å². The lowest BCUT2D eigenvalue weighted by molar-refractivity contribution is -0.389. The van der Waals surface area contributed by atoms with E-state index >= 15 is 0 Å². The van der Waals surface area contributed by atoms with Crippen LogP contribution in [0.2, 0.25) is 0 Å². The van der Waals surface area contributed by atoms with E-state index < -0.39 is 4.92 Å². The van der Waals surface area contributed by atoms with Crippen LogP contribution in [0.15, 0.2) is 23.3 Å². The van der Waals surface area contributed by atoms with E-state index in [0.29, 0.717) is 24.6 Å². The van der Waals surface area contributed by atoms with Gasteiger partial charge in [-0.25, -0.2) is 4.99 Å². The molecule has 1 aliphatic rings. The Kier molecular flexibility index (Phi) is 2.10. The fourth-order valence-corrected chi connectivity index (χ4v) is 1.21. The summed E-state index contributed by atoms with van der Waals surface area (Å²) < 4.78 is 5.14. The highest BCUT2D eigenvalue weighted by Gasteiger charge is 2.22. The lowest BCUT2D eigenvalue weighted by Gasteiger charge is -2.01. The first kappa shape index (κ1) is 8.61. The topological polar surface area (TPSA) is 77.6 Å². The molecule has 14 heavy (non-hydrogen) atoms. The van der Waals surface area contributed by atoms with Crippen molar-refractivity contribution in [2.24, 2.45) is 4.99 Å². The van der Waals surface area contributed by atoms with Crippen LogP contribution in [0.4, 0.5) is 5.82 Å². The third-order valence-electron chi connectivity index (χ3n) is 1.78. The summed E-state index contributed by atoms with van der Waals surface area (Å²) in [6.07, 6.45) is 1.37. The fourth-order valence-electron chi connectivity index (χ4n) is 1.21. The van der Waals surface area contributed by atoms with Crippen molar-refractivity contribution < 1.29 is 9.66 Å². The minimum absolute atomic E-state index is 0.215. The van der Waals surface area contributed by atoms with Crippen LogP contribution in [0.5, 0.6) is 0 Å². The maximum atomic E-state index is 10.6. The Morgan fingerprint density at radius 3 is 3.07 bits per heavy atom. The number of rotatable bonds is 2. The molecule has 2 rings (SSSR count). The molecule has 6 heteroatoms. The quantitative estimate of drug-likeness (QED) is 0.513. The van der Waals surface area contributed by atoms with Crippen molar-refractivity contribution in [3.8, 4) is 0 Å². The summed E-state index contributed by atoms with van der Waals surface area (Å²) in [5.41, 5.74) is 0.343. The highest BCUT2D eigenvalue weighted by Crippen LogP contribution is 2.17. The van der Waals surface area contributed by atoms with Crippen LogP contribution in [0, 0.1) is 10.1 Å². The Hall–Kier alpha value is -1.98. The molecule has 0 amide bonds. The van der Waals surface area contributed by atoms with Gasteiger partial charge in [0.1, 0.15) is 18.4 Å². The van der Waals surface area contributed by atoms with Crippen molar-refractivity contribution >= 4 is 11.7 Å². The van der Waals surface area contributed by atoms with Crippen LogP contribution in [-0.2, 0) is 4.74 Å². The largest absolute Gasteiger partial charge is 0.475 e. The molecule has 0 spiro atoms. The van der Waals surface area contributed by atoms with E-state index in [9.17, 15) is 10.1 Å². The van der Waals surface area contributed by atoms with E-state index in [2.05, 4.69) is 9.98 Å². The van der Waals surface area contributed by atoms with Crippen molar-refractivity contribution in [2.75, 3.05) is 13.2 Å². The highest BCUT2D eigenvalue weighted by atomic mass is 16.6. The first-order valence-electron chi connectivity index (χ1n) is 4.06. The summed E-state index contributed by atoms with van der Waals surface area (Å²) >= 11 is 0. The molecule has 1 aromatic heterocycles. The molecule has 72 valence electrons. The zero-order chi connectivity index (χ0) is 9.97. The normalized spacial score (nSPS) is 14.7. The van der Waals surface area contributed by atoms with Gasteiger partial charge in [-0.15, -0.1) is 0 Å². The van der Waals surface area contributed by atoms with Gasteiger partial charge >= 0.3 is 5.82 Å². The molecule has 0 N–H and O–H groups in total. The summed E-state index contributed by atoms with van der Waals surface area (Å²) in [5.74, 6) is 0.0953. The summed E-state index contributed by atoms with van der Waals surface area (Å²) in [4.78, 5) is 17.7. The Balaban J connectivity index is 2.46. The minimum Gasteiger partial charge on any atom is -0.475 e. The van der Waals surface area contributed by atoms with E-state index in [1.165, 1.54) is 6.20 Å². The van der Waals surface area contributed by atoms with E-state index in [1.807, 2.05) is 0 Å². The molecule has 0 unspecified atom stereocenters. The number of nitrogens with zero attached hydrogens (tertiary/aromatic N) is 3. The van der Waals surface area contributed by atoms with E-state index in [0.717, 1.165) is 0 Å². The maximum absolute atomic E-state index is 10.6. The molecular weight excluding hydrogens is 186 g/mol. The van der Waals surface area contributed by atoms with Crippen LogP contribution < -0.4 is 0 Å². The second-order valence-electron chi connectivity index (χ2n) is 2.67. The SMILES string of the molecule is O=[N+]([O-])c1ncccc1C1=NCCO1. The molecule has 1 aromatic rings. The van der Waals surface area contributed by atoms with Gasteiger partial charge in [-0.3, -0.25) is 0 Å². The number of aromatic nitrogens is 1. The summed E-state index contributed by atoms with van der Waals surface area (Å²) in [5, 5.41) is 10.6. The van der Waals surface area contributed by atoms with Gasteiger partial charge in [0.25, 0.3) is 0 Å². The van der Waals surface area contributed by atoms with Gasteiger partial charge in [0.15, 0.2) is 0 Å². The number of ether oxygens (including phenoxy) is 1. The molecule has 0 radical (unpaired) electrons. The van der Waals surface area contributed by atoms with Gasteiger partial charge < -0.3 is 14.9 Å². The molecule has 2 heterocycles. The van der Waals surface area contributed by atoms with Gasteiger partial charge in [0, 0.05) is 0 Å². The van der Waals surface area contributed by atoms with E-state index in [-0.39, 0.29) is 5.82 Å². The lowest BCUT2D eigenvalue weighted by atomic mass is 10.2. The average Bonchev–Trinajstić information content (AvgIpc) is 2.70. The third-order valence-corrected chi connectivity index (χ3v) is 1.78. The maximum Gasteiger partial charge on any atom is 0.376 e. The number of pyridine rings is 1. The van der Waals surface area contributed by atoms with Crippen LogP contribution in [0.3, 0.4) is 0 Å². The van der Waals surface area contributed by atoms with Crippen molar-refractivity contribution in [1.29, 1.82) is 0 Å². The number of nitro groups is 1. The summed E-state index contributed by atoms with van der Waals surface area (Å²) in [6, 6.07) is 3.20. The van der Waals surface area contributed by atoms with Crippen LogP contribution in [0.25, 0.3) is 0 Å². The fraction of sp³-hybridized carbons (Fsp3) is 0.250. The van der Waals surface area contributed by atoms with Crippen molar-refractivity contribution in [3.05, 3.63) is 34.0 Å². The second-order valence-corrected chi connectivity index (χ2v) is 2.67. The molecule has 0 atom stereocenters. The van der Waals surface area contributed by atoms with Gasteiger partial charge in [-0.1, -0.05) is 0 Å². The van der Waals surface area contributed by atoms with E-state index in [1.54, 1.807) is 12.1 Å². The van der Waals surface area contributed by atoms with Gasteiger partial charge in [-0.05, 0) is 22.0 Å². The average molecular weight is 193 g/mol. The van der Waals surface area contributed by atoms with Crippen LogP contribution in [-0.4, -0.2) is 29.0 Å². The summed E-state index contributed by atoms with van der Waals surface area (Å²) in [6.45, 7) is 1.02. The number of aliphatic imine (C=N–C) groups is 1. The van der Waals surface area contributed by atoms with Crippen LogP contribution in [0.1, 0.15) is 5.56 Å². The number of hydrogen-bond donors (Lipinski definition) is 0. The second kappa shape index (κ2) is 3.41.